The minimum absolute atomic E-state index is 0.0380. The molecule has 6 rings (SSSR count). The van der Waals surface area contributed by atoms with E-state index >= 15 is 0 Å². The number of allylic oxidation sites excluding steroid dienone is 5. The lowest BCUT2D eigenvalue weighted by Gasteiger charge is -2.20. The lowest BCUT2D eigenvalue weighted by Crippen LogP contribution is -2.29. The molecule has 0 saturated carbocycles. The van der Waals surface area contributed by atoms with E-state index in [1.807, 2.05) is 72.0 Å². The smallest absolute Gasteiger partial charge is 0.320 e. The lowest BCUT2D eigenvalue weighted by atomic mass is 9.86. The van der Waals surface area contributed by atoms with E-state index in [2.05, 4.69) is 71.9 Å². The van der Waals surface area contributed by atoms with Gasteiger partial charge in [0.1, 0.15) is 5.82 Å². The number of hydrogen-bond acceptors (Lipinski definition) is 7. The quantitative estimate of drug-likeness (QED) is 0.0946. The van der Waals surface area contributed by atoms with Crippen LogP contribution in [0.25, 0.3) is 22.7 Å². The summed E-state index contributed by atoms with van der Waals surface area (Å²) in [4.78, 5) is 16.5. The number of nitrogens with zero attached hydrogens (tertiary/aromatic N) is 5. The van der Waals surface area contributed by atoms with Crippen LogP contribution in [0.4, 0.5) is 10.6 Å². The molecule has 0 bridgehead atoms. The average Bonchev–Trinajstić information content (AvgIpc) is 3.70. The van der Waals surface area contributed by atoms with Crippen molar-refractivity contribution in [2.45, 2.75) is 60.3 Å². The number of aliphatic hydroxyl groups excluding tert-OH is 1. The van der Waals surface area contributed by atoms with Crippen molar-refractivity contribution in [1.82, 2.24) is 29.7 Å². The molecule has 1 atom stereocenters. The Bertz CT molecular complexity index is 2040. The summed E-state index contributed by atoms with van der Waals surface area (Å²) >= 11 is 3.30. The Balaban J connectivity index is 1.20. The van der Waals surface area contributed by atoms with Crippen molar-refractivity contribution < 1.29 is 9.90 Å². The van der Waals surface area contributed by atoms with Gasteiger partial charge in [0.2, 0.25) is 0 Å². The molecule has 9 nitrogen and oxygen atoms in total. The summed E-state index contributed by atoms with van der Waals surface area (Å²) in [5.41, 5.74) is 4.03. The van der Waals surface area contributed by atoms with Gasteiger partial charge in [-0.15, -0.1) is 28.5 Å². The van der Waals surface area contributed by atoms with E-state index in [9.17, 15) is 9.90 Å². The topological polar surface area (TPSA) is 109 Å². The molecule has 0 radical (unpaired) electrons. The second-order valence-corrected chi connectivity index (χ2v) is 14.3. The number of urea groups is 1. The predicted molar refractivity (Wildman–Crippen MR) is 195 cm³/mol. The van der Waals surface area contributed by atoms with Gasteiger partial charge in [-0.05, 0) is 48.9 Å². The molecule has 1 aliphatic carbocycles. The zero-order chi connectivity index (χ0) is 33.8. The molecule has 2 amide bonds. The molecule has 5 aromatic rings. The van der Waals surface area contributed by atoms with Crippen molar-refractivity contribution in [2.75, 3.05) is 11.6 Å². The average molecular weight is 678 g/mol. The number of thioether (sulfide) groups is 1. The van der Waals surface area contributed by atoms with Gasteiger partial charge in [0.15, 0.2) is 11.5 Å². The first-order valence-electron chi connectivity index (χ1n) is 15.8. The Hall–Kier alpha value is -4.74. The molecule has 0 spiro atoms. The van der Waals surface area contributed by atoms with E-state index in [0.29, 0.717) is 30.2 Å². The number of anilines is 1. The number of carbonyl (C=O) groups is 1. The molecular weight excluding hydrogens is 639 g/mol. The van der Waals surface area contributed by atoms with Crippen molar-refractivity contribution in [3.05, 3.63) is 115 Å². The van der Waals surface area contributed by atoms with Crippen LogP contribution in [-0.4, -0.2) is 41.8 Å². The largest absolute Gasteiger partial charge is 0.512 e. The molecule has 1 unspecified atom stereocenters. The number of aromatic nitrogens is 5. The number of pyridine rings is 1. The van der Waals surface area contributed by atoms with Gasteiger partial charge in [0.25, 0.3) is 0 Å². The summed E-state index contributed by atoms with van der Waals surface area (Å²) in [6.45, 7) is 10.4. The molecule has 0 aliphatic heterocycles. The third-order valence-corrected chi connectivity index (χ3v) is 10.3. The highest BCUT2D eigenvalue weighted by atomic mass is 32.2. The molecule has 1 aliphatic rings. The Kier molecular flexibility index (Phi) is 9.79. The normalized spacial score (nSPS) is 14.8. The first kappa shape index (κ1) is 33.2. The van der Waals surface area contributed by atoms with Gasteiger partial charge < -0.3 is 10.4 Å². The standard InChI is InChI=1S/C37H39N7O2S2/c1-6-19-37(3,4)32-21-34(44(42-32)26-16-15-24(2)29(45)20-26)39-36(46)38-22-25-11-7-9-13-30(25)48-27-17-18-33-40-41-35(43(33)23-27)28-12-8-10-14-31(28)47-5/h6-14,16-18,20-21,23-24,45H,1,15,19,22H2,2-5H3,(H2,38,39,46). The highest BCUT2D eigenvalue weighted by molar-refractivity contribution is 7.99. The summed E-state index contributed by atoms with van der Waals surface area (Å²) in [6, 6.07) is 21.8. The van der Waals surface area contributed by atoms with E-state index < -0.39 is 0 Å². The molecule has 3 aromatic heterocycles. The highest BCUT2D eigenvalue weighted by Gasteiger charge is 2.26. The van der Waals surface area contributed by atoms with Crippen LogP contribution < -0.4 is 10.6 Å². The number of rotatable bonds is 11. The molecule has 0 saturated heterocycles. The van der Waals surface area contributed by atoms with Gasteiger partial charge in [0, 0.05) is 56.5 Å². The third-order valence-electron chi connectivity index (χ3n) is 8.39. The zero-order valence-corrected chi connectivity index (χ0v) is 29.1. The number of benzene rings is 2. The Morgan fingerprint density at radius 3 is 2.65 bits per heavy atom. The minimum atomic E-state index is -0.356. The summed E-state index contributed by atoms with van der Waals surface area (Å²) in [7, 11) is 0. The van der Waals surface area contributed by atoms with E-state index in [0.717, 1.165) is 49.4 Å². The van der Waals surface area contributed by atoms with Gasteiger partial charge in [-0.2, -0.15) is 5.10 Å². The zero-order valence-electron chi connectivity index (χ0n) is 27.5. The monoisotopic (exact) mass is 677 g/mol. The van der Waals surface area contributed by atoms with Crippen molar-refractivity contribution in [1.29, 1.82) is 0 Å². The number of hydrogen-bond donors (Lipinski definition) is 3. The van der Waals surface area contributed by atoms with Crippen LogP contribution in [0.3, 0.4) is 0 Å². The maximum Gasteiger partial charge on any atom is 0.320 e. The summed E-state index contributed by atoms with van der Waals surface area (Å²) in [5.74, 6) is 1.65. The number of aliphatic hydroxyl groups is 1. The fourth-order valence-electron chi connectivity index (χ4n) is 5.54. The van der Waals surface area contributed by atoms with Crippen LogP contribution in [0.2, 0.25) is 0 Å². The van der Waals surface area contributed by atoms with Gasteiger partial charge in [-0.3, -0.25) is 9.72 Å². The van der Waals surface area contributed by atoms with Crippen LogP contribution in [0.5, 0.6) is 0 Å². The summed E-state index contributed by atoms with van der Waals surface area (Å²) in [5, 5.41) is 30.2. The van der Waals surface area contributed by atoms with Crippen LogP contribution >= 0.6 is 23.5 Å². The fraction of sp³-hybridized carbons (Fsp3) is 0.243. The Morgan fingerprint density at radius 1 is 1.10 bits per heavy atom. The van der Waals surface area contributed by atoms with Crippen molar-refractivity contribution in [2.24, 2.45) is 5.92 Å². The number of amides is 2. The van der Waals surface area contributed by atoms with Crippen LogP contribution in [0.15, 0.2) is 118 Å². The second-order valence-electron chi connectivity index (χ2n) is 12.4. The van der Waals surface area contributed by atoms with Crippen LogP contribution in [-0.2, 0) is 12.0 Å². The maximum absolute atomic E-state index is 13.3. The summed E-state index contributed by atoms with van der Waals surface area (Å²) in [6.07, 6.45) is 11.1. The van der Waals surface area contributed by atoms with Crippen molar-refractivity contribution in [3.8, 4) is 11.4 Å². The highest BCUT2D eigenvalue weighted by Crippen LogP contribution is 2.35. The SMILES string of the molecule is C=CCC(C)(C)c1cc(NC(=O)NCc2ccccc2Sc2ccc3nnc(-c4ccccc4SC)n3c2)n(C2=CCC(C)C(O)=C2)n1. The lowest BCUT2D eigenvalue weighted by molar-refractivity contribution is 0.251. The third kappa shape index (κ3) is 7.07. The number of nitrogens with one attached hydrogen (secondary N) is 2. The van der Waals surface area contributed by atoms with Crippen molar-refractivity contribution >= 4 is 46.7 Å². The fourth-order valence-corrected chi connectivity index (χ4v) is 7.10. The van der Waals surface area contributed by atoms with Gasteiger partial charge in [0.05, 0.1) is 17.2 Å². The first-order chi connectivity index (χ1) is 23.2. The molecule has 3 N–H and O–H groups in total. The number of carbonyl (C=O) groups excluding carboxylic acids is 1. The van der Waals surface area contributed by atoms with Crippen molar-refractivity contribution in [3.63, 3.8) is 0 Å². The van der Waals surface area contributed by atoms with Crippen LogP contribution in [0.1, 0.15) is 44.9 Å². The molecule has 3 heterocycles. The number of fused-ring (bicyclic) bond motifs is 1. The molecule has 48 heavy (non-hydrogen) atoms. The molecule has 11 heteroatoms. The summed E-state index contributed by atoms with van der Waals surface area (Å²) < 4.78 is 3.72. The molecule has 246 valence electrons. The first-order valence-corrected chi connectivity index (χ1v) is 17.8. The Morgan fingerprint density at radius 2 is 1.88 bits per heavy atom. The van der Waals surface area contributed by atoms with Gasteiger partial charge in [-0.1, -0.05) is 81.1 Å². The molecule has 0 fully saturated rings. The van der Waals surface area contributed by atoms with E-state index in [-0.39, 0.29) is 17.4 Å². The van der Waals surface area contributed by atoms with E-state index in [1.165, 1.54) is 0 Å². The van der Waals surface area contributed by atoms with E-state index in [4.69, 9.17) is 5.10 Å². The Labute approximate surface area is 289 Å². The second kappa shape index (κ2) is 14.2. The predicted octanol–water partition coefficient (Wildman–Crippen LogP) is 8.96. The maximum atomic E-state index is 13.3. The van der Waals surface area contributed by atoms with Gasteiger partial charge in [-0.25, -0.2) is 9.48 Å². The van der Waals surface area contributed by atoms with Gasteiger partial charge >= 0.3 is 6.03 Å². The van der Waals surface area contributed by atoms with E-state index in [1.54, 1.807) is 34.3 Å². The molecule has 2 aromatic carbocycles. The van der Waals surface area contributed by atoms with Crippen LogP contribution in [0, 0.1) is 5.92 Å². The minimum Gasteiger partial charge on any atom is -0.512 e. The molecular formula is C37H39N7O2S2.